The number of hydrogen-bond acceptors (Lipinski definition) is 3. The van der Waals surface area contributed by atoms with Crippen molar-refractivity contribution in [3.63, 3.8) is 0 Å². The molecule has 0 aliphatic carbocycles. The summed E-state index contributed by atoms with van der Waals surface area (Å²) >= 11 is 0. The van der Waals surface area contributed by atoms with Gasteiger partial charge in [-0.25, -0.2) is 4.98 Å². The minimum atomic E-state index is 0.539. The van der Waals surface area contributed by atoms with Crippen molar-refractivity contribution in [2.45, 2.75) is 48.1 Å². The van der Waals surface area contributed by atoms with Gasteiger partial charge in [-0.05, 0) is 25.5 Å². The van der Waals surface area contributed by atoms with E-state index in [4.69, 9.17) is 11.0 Å². The molecule has 0 aliphatic rings. The lowest BCUT2D eigenvalue weighted by Crippen LogP contribution is -2.04. The lowest BCUT2D eigenvalue weighted by atomic mass is 10.2. The molecule has 2 aromatic heterocycles. The first-order chi connectivity index (χ1) is 10.1. The molecule has 0 unspecified atom stereocenters. The summed E-state index contributed by atoms with van der Waals surface area (Å²) < 4.78 is 2.03. The average Bonchev–Trinajstić information content (AvgIpc) is 2.81. The van der Waals surface area contributed by atoms with Gasteiger partial charge in [0.15, 0.2) is 0 Å². The highest BCUT2D eigenvalue weighted by atomic mass is 15.0. The van der Waals surface area contributed by atoms with Crippen molar-refractivity contribution in [2.75, 3.05) is 5.73 Å². The van der Waals surface area contributed by atoms with Gasteiger partial charge in [0.1, 0.15) is 11.9 Å². The Morgan fingerprint density at radius 1 is 1.24 bits per heavy atom. The van der Waals surface area contributed by atoms with Gasteiger partial charge in [-0.2, -0.15) is 5.26 Å². The molecule has 0 aliphatic heterocycles. The van der Waals surface area contributed by atoms with Gasteiger partial charge in [0.2, 0.25) is 0 Å². The molecule has 0 aromatic carbocycles. The minimum absolute atomic E-state index is 0.539. The maximum absolute atomic E-state index is 8.98. The highest BCUT2D eigenvalue weighted by molar-refractivity contribution is 5.42. The molecule has 0 bridgehead atoms. The van der Waals surface area contributed by atoms with Crippen molar-refractivity contribution < 1.29 is 0 Å². The van der Waals surface area contributed by atoms with Gasteiger partial charge in [0, 0.05) is 23.7 Å². The summed E-state index contributed by atoms with van der Waals surface area (Å²) in [5.41, 5.74) is 9.60. The second kappa shape index (κ2) is 9.60. The summed E-state index contributed by atoms with van der Waals surface area (Å²) in [5.74, 6) is 0.539. The molecule has 114 valence electrons. The second-order valence-electron chi connectivity index (χ2n) is 4.04. The normalized spacial score (nSPS) is 8.81. The van der Waals surface area contributed by atoms with Gasteiger partial charge < -0.3 is 10.3 Å². The van der Waals surface area contributed by atoms with Crippen LogP contribution >= 0.6 is 0 Å². The summed E-state index contributed by atoms with van der Waals surface area (Å²) in [7, 11) is 0. The molecule has 2 heterocycles. The predicted molar refractivity (Wildman–Crippen MR) is 89.1 cm³/mol. The van der Waals surface area contributed by atoms with Crippen LogP contribution in [-0.2, 0) is 6.54 Å². The Hall–Kier alpha value is -2.28. The Balaban J connectivity index is 0.000000921. The van der Waals surface area contributed by atoms with Crippen molar-refractivity contribution in [1.82, 2.24) is 9.55 Å². The van der Waals surface area contributed by atoms with Crippen molar-refractivity contribution >= 4 is 5.82 Å². The smallest absolute Gasteiger partial charge is 0.128 e. The van der Waals surface area contributed by atoms with Crippen LogP contribution in [0.2, 0.25) is 0 Å². The van der Waals surface area contributed by atoms with E-state index in [2.05, 4.69) is 11.1 Å². The zero-order chi connectivity index (χ0) is 16.4. The van der Waals surface area contributed by atoms with Gasteiger partial charge in [-0.3, -0.25) is 0 Å². The molecule has 0 saturated carbocycles. The molecule has 2 rings (SSSR count). The summed E-state index contributed by atoms with van der Waals surface area (Å²) in [6.07, 6.45) is 3.53. The molecule has 0 saturated heterocycles. The molecule has 0 radical (unpaired) electrons. The summed E-state index contributed by atoms with van der Waals surface area (Å²) in [6.45, 7) is 12.6. The highest BCUT2D eigenvalue weighted by Gasteiger charge is 2.09. The van der Waals surface area contributed by atoms with Crippen molar-refractivity contribution in [2.24, 2.45) is 0 Å². The fourth-order valence-electron chi connectivity index (χ4n) is 1.80. The third-order valence-corrected chi connectivity index (χ3v) is 3.05. The highest BCUT2D eigenvalue weighted by Crippen LogP contribution is 2.18. The van der Waals surface area contributed by atoms with Crippen molar-refractivity contribution in [1.29, 1.82) is 5.26 Å². The zero-order valence-electron chi connectivity index (χ0n) is 13.9. The Bertz CT molecular complexity index is 591. The topological polar surface area (TPSA) is 67.6 Å². The van der Waals surface area contributed by atoms with Gasteiger partial charge in [-0.15, -0.1) is 0 Å². The molecular weight excluding hydrogens is 260 g/mol. The van der Waals surface area contributed by atoms with Gasteiger partial charge in [-0.1, -0.05) is 33.8 Å². The fraction of sp³-hybridized carbons (Fsp3) is 0.412. The molecule has 21 heavy (non-hydrogen) atoms. The van der Waals surface area contributed by atoms with Gasteiger partial charge in [0.25, 0.3) is 0 Å². The number of rotatable bonds is 2. The SMILES string of the molecule is CC.CC.Cc1c(C#N)cn(Cc2cccnc2N)c1C. The predicted octanol–water partition coefficient (Wildman–Crippen LogP) is 4.05. The molecule has 2 N–H and O–H groups in total. The second-order valence-corrected chi connectivity index (χ2v) is 4.04. The number of pyridine rings is 1. The maximum Gasteiger partial charge on any atom is 0.128 e. The number of hydrogen-bond donors (Lipinski definition) is 1. The number of aromatic nitrogens is 2. The van der Waals surface area contributed by atoms with Crippen LogP contribution in [0.3, 0.4) is 0 Å². The first kappa shape index (κ1) is 18.7. The molecule has 4 nitrogen and oxygen atoms in total. The van der Waals surface area contributed by atoms with E-state index in [0.717, 1.165) is 16.8 Å². The molecule has 2 aromatic rings. The first-order valence-corrected chi connectivity index (χ1v) is 7.39. The largest absolute Gasteiger partial charge is 0.383 e. The van der Waals surface area contributed by atoms with Crippen LogP contribution in [0.15, 0.2) is 24.5 Å². The summed E-state index contributed by atoms with van der Waals surface area (Å²) in [6, 6.07) is 6.00. The summed E-state index contributed by atoms with van der Waals surface area (Å²) in [5, 5.41) is 8.98. The van der Waals surface area contributed by atoms with E-state index < -0.39 is 0 Å². The Morgan fingerprint density at radius 2 is 1.86 bits per heavy atom. The van der Waals surface area contributed by atoms with Crippen LogP contribution in [0.25, 0.3) is 0 Å². The van der Waals surface area contributed by atoms with E-state index in [9.17, 15) is 0 Å². The first-order valence-electron chi connectivity index (χ1n) is 7.39. The Kier molecular flexibility index (Phi) is 8.55. The van der Waals surface area contributed by atoms with Gasteiger partial charge in [0.05, 0.1) is 12.1 Å². The van der Waals surface area contributed by atoms with Crippen LogP contribution in [0.5, 0.6) is 0 Å². The molecule has 0 amide bonds. The lowest BCUT2D eigenvalue weighted by molar-refractivity contribution is 0.772. The van der Waals surface area contributed by atoms with Gasteiger partial charge >= 0.3 is 0 Å². The third-order valence-electron chi connectivity index (χ3n) is 3.05. The number of nitriles is 1. The van der Waals surface area contributed by atoms with E-state index in [1.165, 1.54) is 0 Å². The fourth-order valence-corrected chi connectivity index (χ4v) is 1.80. The standard InChI is InChI=1S/C13H14N4.2C2H6/c1-9-10(2)17(8-12(9)6-14)7-11-4-3-5-16-13(11)15;2*1-2/h3-5,8H,7H2,1-2H3,(H2,15,16);2*1-2H3. The molecule has 0 atom stereocenters. The van der Waals surface area contributed by atoms with Crippen LogP contribution in [0.4, 0.5) is 5.82 Å². The zero-order valence-corrected chi connectivity index (χ0v) is 13.9. The number of nitrogens with zero attached hydrogens (tertiary/aromatic N) is 3. The van der Waals surface area contributed by atoms with Crippen molar-refractivity contribution in [3.05, 3.63) is 46.9 Å². The molecule has 0 fully saturated rings. The molecular formula is C17H26N4. The number of anilines is 1. The van der Waals surface area contributed by atoms with E-state index in [1.54, 1.807) is 6.20 Å². The monoisotopic (exact) mass is 286 g/mol. The maximum atomic E-state index is 8.98. The third kappa shape index (κ3) is 4.64. The van der Waals surface area contributed by atoms with E-state index in [0.29, 0.717) is 17.9 Å². The van der Waals surface area contributed by atoms with E-state index in [-0.39, 0.29) is 0 Å². The molecule has 0 spiro atoms. The van der Waals surface area contributed by atoms with Crippen molar-refractivity contribution in [3.8, 4) is 6.07 Å². The minimum Gasteiger partial charge on any atom is -0.383 e. The lowest BCUT2D eigenvalue weighted by Gasteiger charge is -2.08. The van der Waals surface area contributed by atoms with E-state index >= 15 is 0 Å². The van der Waals surface area contributed by atoms with Crippen LogP contribution in [0.1, 0.15) is 50.1 Å². The van der Waals surface area contributed by atoms with Crippen LogP contribution in [-0.4, -0.2) is 9.55 Å². The Morgan fingerprint density at radius 3 is 2.33 bits per heavy atom. The van der Waals surface area contributed by atoms with Crippen LogP contribution in [0, 0.1) is 25.2 Å². The van der Waals surface area contributed by atoms with E-state index in [1.807, 2.05) is 64.4 Å². The quantitative estimate of drug-likeness (QED) is 0.905. The number of nitrogen functional groups attached to an aromatic ring is 1. The summed E-state index contributed by atoms with van der Waals surface area (Å²) in [4.78, 5) is 4.05. The Labute approximate surface area is 128 Å². The molecule has 4 heteroatoms. The number of nitrogens with two attached hydrogens (primary N) is 1. The average molecular weight is 286 g/mol. The van der Waals surface area contributed by atoms with Crippen LogP contribution < -0.4 is 5.73 Å².